The number of fused-ring (bicyclic) bond motifs is 1. The normalized spacial score (nSPS) is 11.9. The zero-order valence-electron chi connectivity index (χ0n) is 11.1. The van der Waals surface area contributed by atoms with Gasteiger partial charge in [0.1, 0.15) is 5.82 Å². The van der Waals surface area contributed by atoms with Crippen LogP contribution in [-0.4, -0.2) is 29.6 Å². The minimum absolute atomic E-state index is 0.277. The molecule has 1 N–H and O–H groups in total. The number of hydrogen-bond acceptors (Lipinski definition) is 4. The van der Waals surface area contributed by atoms with Crippen molar-refractivity contribution in [1.82, 2.24) is 15.0 Å². The Balaban J connectivity index is 2.16. The summed E-state index contributed by atoms with van der Waals surface area (Å²) in [5.74, 6) is 0.614. The van der Waals surface area contributed by atoms with Gasteiger partial charge in [-0.2, -0.15) is 0 Å². The van der Waals surface area contributed by atoms with E-state index in [1.807, 2.05) is 19.1 Å². The van der Waals surface area contributed by atoms with Crippen molar-refractivity contribution in [3.8, 4) is 11.4 Å². The third-order valence-electron chi connectivity index (χ3n) is 3.01. The number of aromatic amines is 1. The van der Waals surface area contributed by atoms with Crippen LogP contribution in [0.25, 0.3) is 22.6 Å². The summed E-state index contributed by atoms with van der Waals surface area (Å²) in [5.41, 5.74) is 3.22. The predicted molar refractivity (Wildman–Crippen MR) is 77.2 cm³/mol. The molecule has 0 aliphatic heterocycles. The fraction of sp³-hybridized carbons (Fsp3) is 0.143. The number of aryl methyl sites for hydroxylation is 1. The van der Waals surface area contributed by atoms with Gasteiger partial charge in [0, 0.05) is 18.0 Å². The van der Waals surface area contributed by atoms with Gasteiger partial charge < -0.3 is 4.98 Å². The van der Waals surface area contributed by atoms with Gasteiger partial charge in [-0.05, 0) is 30.7 Å². The lowest BCUT2D eigenvalue weighted by atomic mass is 10.2. The Labute approximate surface area is 116 Å². The Morgan fingerprint density at radius 2 is 2.00 bits per heavy atom. The molecule has 0 radical (unpaired) electrons. The zero-order valence-corrected chi connectivity index (χ0v) is 11.9. The number of aromatic nitrogens is 3. The van der Waals surface area contributed by atoms with E-state index in [9.17, 15) is 8.42 Å². The number of H-pyrrole nitrogens is 1. The standard InChI is InChI=1S/C14H13N3O2S/c1-9-6-12-14(15-8-9)17-13(16-12)10-4-3-5-11(7-10)20(2,18)19/h3-8H,1-2H3,(H,15,16,17). The molecule has 0 spiro atoms. The number of pyridine rings is 1. The quantitative estimate of drug-likeness (QED) is 0.785. The Morgan fingerprint density at radius 3 is 2.75 bits per heavy atom. The number of nitrogens with one attached hydrogen (secondary N) is 1. The molecule has 0 fully saturated rings. The number of benzene rings is 1. The summed E-state index contributed by atoms with van der Waals surface area (Å²) in [6.07, 6.45) is 2.94. The second-order valence-electron chi connectivity index (χ2n) is 4.77. The highest BCUT2D eigenvalue weighted by molar-refractivity contribution is 7.90. The molecule has 0 atom stereocenters. The molecule has 3 aromatic rings. The van der Waals surface area contributed by atoms with Crippen LogP contribution in [0.15, 0.2) is 41.4 Å². The van der Waals surface area contributed by atoms with E-state index in [4.69, 9.17) is 0 Å². The third-order valence-corrected chi connectivity index (χ3v) is 4.12. The number of imidazole rings is 1. The van der Waals surface area contributed by atoms with E-state index in [1.54, 1.807) is 24.4 Å². The highest BCUT2D eigenvalue weighted by Crippen LogP contribution is 2.22. The first-order valence-electron chi connectivity index (χ1n) is 6.06. The van der Waals surface area contributed by atoms with Gasteiger partial charge in [-0.15, -0.1) is 0 Å². The molecule has 0 saturated heterocycles. The molecule has 6 heteroatoms. The first-order valence-corrected chi connectivity index (χ1v) is 7.95. The molecule has 2 aromatic heterocycles. The first kappa shape index (κ1) is 12.8. The number of sulfone groups is 1. The van der Waals surface area contributed by atoms with Crippen molar-refractivity contribution in [2.75, 3.05) is 6.26 Å². The second kappa shape index (κ2) is 4.42. The van der Waals surface area contributed by atoms with E-state index in [1.165, 1.54) is 6.26 Å². The molecule has 0 aliphatic rings. The van der Waals surface area contributed by atoms with Crippen LogP contribution in [0.3, 0.4) is 0 Å². The molecule has 2 heterocycles. The van der Waals surface area contributed by atoms with Crippen molar-refractivity contribution in [1.29, 1.82) is 0 Å². The van der Waals surface area contributed by atoms with Gasteiger partial charge in [0.2, 0.25) is 0 Å². The van der Waals surface area contributed by atoms with Gasteiger partial charge in [0.15, 0.2) is 15.5 Å². The van der Waals surface area contributed by atoms with Crippen molar-refractivity contribution < 1.29 is 8.42 Å². The van der Waals surface area contributed by atoms with Crippen molar-refractivity contribution in [3.05, 3.63) is 42.1 Å². The zero-order chi connectivity index (χ0) is 14.3. The van der Waals surface area contributed by atoms with Crippen molar-refractivity contribution in [2.45, 2.75) is 11.8 Å². The van der Waals surface area contributed by atoms with Crippen LogP contribution in [0.2, 0.25) is 0 Å². The maximum absolute atomic E-state index is 11.6. The monoisotopic (exact) mass is 287 g/mol. The van der Waals surface area contributed by atoms with Crippen LogP contribution in [-0.2, 0) is 9.84 Å². The number of nitrogens with zero attached hydrogens (tertiary/aromatic N) is 2. The van der Waals surface area contributed by atoms with Crippen molar-refractivity contribution in [2.24, 2.45) is 0 Å². The predicted octanol–water partition coefficient (Wildman–Crippen LogP) is 2.34. The maximum Gasteiger partial charge on any atom is 0.178 e. The van der Waals surface area contributed by atoms with Gasteiger partial charge in [-0.25, -0.2) is 18.4 Å². The average molecular weight is 287 g/mol. The fourth-order valence-corrected chi connectivity index (χ4v) is 2.68. The lowest BCUT2D eigenvalue weighted by Gasteiger charge is -2.00. The molecule has 0 saturated carbocycles. The molecule has 1 aromatic carbocycles. The van der Waals surface area contributed by atoms with Crippen LogP contribution >= 0.6 is 0 Å². The molecule has 5 nitrogen and oxygen atoms in total. The Hall–Kier alpha value is -2.21. The summed E-state index contributed by atoms with van der Waals surface area (Å²) in [6.45, 7) is 1.96. The lowest BCUT2D eigenvalue weighted by molar-refractivity contribution is 0.602. The van der Waals surface area contributed by atoms with Crippen LogP contribution in [0.1, 0.15) is 5.56 Å². The van der Waals surface area contributed by atoms with Gasteiger partial charge in [0.25, 0.3) is 0 Å². The van der Waals surface area contributed by atoms with Gasteiger partial charge >= 0.3 is 0 Å². The van der Waals surface area contributed by atoms with E-state index in [0.29, 0.717) is 11.5 Å². The maximum atomic E-state index is 11.6. The Kier molecular flexibility index (Phi) is 2.83. The Morgan fingerprint density at radius 1 is 1.20 bits per heavy atom. The van der Waals surface area contributed by atoms with Crippen LogP contribution in [0, 0.1) is 6.92 Å². The SMILES string of the molecule is Cc1cnc2nc(-c3cccc(S(C)(=O)=O)c3)[nH]c2c1. The fourth-order valence-electron chi connectivity index (χ4n) is 2.02. The second-order valence-corrected chi connectivity index (χ2v) is 6.78. The van der Waals surface area contributed by atoms with E-state index in [0.717, 1.165) is 16.6 Å². The Bertz CT molecular complexity index is 898. The highest BCUT2D eigenvalue weighted by atomic mass is 32.2. The van der Waals surface area contributed by atoms with E-state index in [-0.39, 0.29) is 4.90 Å². The summed E-state index contributed by atoms with van der Waals surface area (Å²) >= 11 is 0. The molecule has 0 aliphatic carbocycles. The summed E-state index contributed by atoms with van der Waals surface area (Å²) in [6, 6.07) is 8.67. The number of rotatable bonds is 2. The van der Waals surface area contributed by atoms with Crippen LogP contribution in [0.5, 0.6) is 0 Å². The molecule has 20 heavy (non-hydrogen) atoms. The summed E-state index contributed by atoms with van der Waals surface area (Å²) < 4.78 is 23.2. The molecule has 0 unspecified atom stereocenters. The van der Waals surface area contributed by atoms with Crippen LogP contribution in [0.4, 0.5) is 0 Å². The minimum atomic E-state index is -3.23. The van der Waals surface area contributed by atoms with E-state index < -0.39 is 9.84 Å². The molecule has 0 bridgehead atoms. The number of hydrogen-bond donors (Lipinski definition) is 1. The van der Waals surface area contributed by atoms with E-state index >= 15 is 0 Å². The smallest absolute Gasteiger partial charge is 0.178 e. The minimum Gasteiger partial charge on any atom is -0.337 e. The average Bonchev–Trinajstić information content (AvgIpc) is 2.81. The highest BCUT2D eigenvalue weighted by Gasteiger charge is 2.11. The molecular formula is C14H13N3O2S. The summed E-state index contributed by atoms with van der Waals surface area (Å²) in [7, 11) is -3.23. The molecule has 102 valence electrons. The third kappa shape index (κ3) is 2.30. The first-order chi connectivity index (χ1) is 9.43. The van der Waals surface area contributed by atoms with E-state index in [2.05, 4.69) is 15.0 Å². The molecular weight excluding hydrogens is 274 g/mol. The largest absolute Gasteiger partial charge is 0.337 e. The van der Waals surface area contributed by atoms with Gasteiger partial charge in [0.05, 0.1) is 10.4 Å². The van der Waals surface area contributed by atoms with Crippen molar-refractivity contribution in [3.63, 3.8) is 0 Å². The van der Waals surface area contributed by atoms with Crippen molar-refractivity contribution >= 4 is 21.0 Å². The topological polar surface area (TPSA) is 75.7 Å². The summed E-state index contributed by atoms with van der Waals surface area (Å²) in [5, 5.41) is 0. The van der Waals surface area contributed by atoms with Crippen LogP contribution < -0.4 is 0 Å². The molecule has 0 amide bonds. The molecule has 3 rings (SSSR count). The lowest BCUT2D eigenvalue weighted by Crippen LogP contribution is -1.97. The van der Waals surface area contributed by atoms with Gasteiger partial charge in [-0.1, -0.05) is 12.1 Å². The summed E-state index contributed by atoms with van der Waals surface area (Å²) in [4.78, 5) is 12.1. The van der Waals surface area contributed by atoms with Gasteiger partial charge in [-0.3, -0.25) is 0 Å².